The van der Waals surface area contributed by atoms with Crippen LogP contribution in [-0.4, -0.2) is 25.1 Å². The van der Waals surface area contributed by atoms with Crippen LogP contribution in [0.1, 0.15) is 37.4 Å². The van der Waals surface area contributed by atoms with Gasteiger partial charge in [-0.15, -0.1) is 0 Å². The zero-order chi connectivity index (χ0) is 13.4. The van der Waals surface area contributed by atoms with Crippen LogP contribution in [0.15, 0.2) is 30.6 Å². The minimum Gasteiger partial charge on any atom is -0.262 e. The summed E-state index contributed by atoms with van der Waals surface area (Å²) in [6.07, 6.45) is 8.44. The van der Waals surface area contributed by atoms with Crippen molar-refractivity contribution in [2.75, 3.05) is 0 Å². The van der Waals surface area contributed by atoms with Gasteiger partial charge in [-0.2, -0.15) is 5.10 Å². The molecule has 1 fully saturated rings. The molecule has 1 aliphatic rings. The Balaban J connectivity index is 1.71. The van der Waals surface area contributed by atoms with Crippen LogP contribution in [0.25, 0.3) is 22.4 Å². The molecule has 5 nitrogen and oxygen atoms in total. The number of rotatable bonds is 2. The largest absolute Gasteiger partial charge is 0.262 e. The van der Waals surface area contributed by atoms with E-state index in [1.165, 1.54) is 25.7 Å². The summed E-state index contributed by atoms with van der Waals surface area (Å²) in [5.41, 5.74) is 2.75. The first kappa shape index (κ1) is 11.5. The van der Waals surface area contributed by atoms with Crippen LogP contribution in [0, 0.1) is 0 Å². The zero-order valence-corrected chi connectivity index (χ0v) is 11.1. The van der Waals surface area contributed by atoms with E-state index >= 15 is 0 Å². The molecule has 0 spiro atoms. The molecule has 100 valence electrons. The number of fused-ring (bicyclic) bond motifs is 1. The van der Waals surface area contributed by atoms with Gasteiger partial charge in [-0.3, -0.25) is 15.1 Å². The van der Waals surface area contributed by atoms with Crippen LogP contribution in [0.5, 0.6) is 0 Å². The third kappa shape index (κ3) is 1.95. The molecule has 1 saturated carbocycles. The van der Waals surface area contributed by atoms with Gasteiger partial charge in [0.25, 0.3) is 0 Å². The maximum atomic E-state index is 4.65. The van der Waals surface area contributed by atoms with Gasteiger partial charge in [0.2, 0.25) is 0 Å². The number of nitrogens with one attached hydrogen (secondary N) is 1. The quantitative estimate of drug-likeness (QED) is 0.773. The van der Waals surface area contributed by atoms with Gasteiger partial charge in [-0.1, -0.05) is 12.8 Å². The Hall–Kier alpha value is -2.30. The molecule has 0 saturated heterocycles. The third-order valence-corrected chi connectivity index (χ3v) is 3.97. The molecule has 5 heteroatoms. The van der Waals surface area contributed by atoms with Crippen molar-refractivity contribution in [1.82, 2.24) is 25.1 Å². The van der Waals surface area contributed by atoms with E-state index in [4.69, 9.17) is 0 Å². The molecule has 2 aromatic heterocycles. The summed E-state index contributed by atoms with van der Waals surface area (Å²) in [6.45, 7) is 0. The van der Waals surface area contributed by atoms with Gasteiger partial charge in [0.05, 0.1) is 11.0 Å². The highest BCUT2D eigenvalue weighted by molar-refractivity contribution is 5.79. The number of benzene rings is 1. The van der Waals surface area contributed by atoms with E-state index in [0.29, 0.717) is 5.92 Å². The first-order valence-electron chi connectivity index (χ1n) is 7.03. The van der Waals surface area contributed by atoms with Gasteiger partial charge in [0.15, 0.2) is 5.82 Å². The van der Waals surface area contributed by atoms with Crippen molar-refractivity contribution >= 4 is 11.0 Å². The number of hydrogen-bond acceptors (Lipinski definition) is 4. The zero-order valence-electron chi connectivity index (χ0n) is 11.1. The van der Waals surface area contributed by atoms with Crippen molar-refractivity contribution in [2.24, 2.45) is 0 Å². The molecule has 20 heavy (non-hydrogen) atoms. The van der Waals surface area contributed by atoms with E-state index in [0.717, 1.165) is 28.2 Å². The topological polar surface area (TPSA) is 67.3 Å². The average molecular weight is 265 g/mol. The van der Waals surface area contributed by atoms with E-state index in [2.05, 4.69) is 25.1 Å². The Kier molecular flexibility index (Phi) is 2.69. The Labute approximate surface area is 116 Å². The molecule has 2 heterocycles. The lowest BCUT2D eigenvalue weighted by Gasteiger charge is -2.02. The summed E-state index contributed by atoms with van der Waals surface area (Å²) < 4.78 is 0. The molecule has 0 atom stereocenters. The highest BCUT2D eigenvalue weighted by atomic mass is 15.2. The fraction of sp³-hybridized carbons (Fsp3) is 0.333. The predicted molar refractivity (Wildman–Crippen MR) is 76.1 cm³/mol. The second kappa shape index (κ2) is 4.67. The minimum absolute atomic E-state index is 0.552. The molecule has 0 aliphatic heterocycles. The first-order chi connectivity index (χ1) is 9.90. The van der Waals surface area contributed by atoms with Gasteiger partial charge < -0.3 is 0 Å². The van der Waals surface area contributed by atoms with Crippen LogP contribution in [-0.2, 0) is 0 Å². The fourth-order valence-corrected chi connectivity index (χ4v) is 2.89. The van der Waals surface area contributed by atoms with E-state index in [1.54, 1.807) is 12.4 Å². The number of nitrogens with zero attached hydrogens (tertiary/aromatic N) is 4. The first-order valence-corrected chi connectivity index (χ1v) is 7.03. The van der Waals surface area contributed by atoms with Crippen molar-refractivity contribution < 1.29 is 0 Å². The molecule has 1 aromatic carbocycles. The minimum atomic E-state index is 0.552. The molecule has 0 amide bonds. The van der Waals surface area contributed by atoms with Crippen LogP contribution in [0.2, 0.25) is 0 Å². The molecule has 1 N–H and O–H groups in total. The van der Waals surface area contributed by atoms with Gasteiger partial charge >= 0.3 is 0 Å². The average Bonchev–Trinajstić information content (AvgIpc) is 3.17. The Bertz CT molecular complexity index is 743. The Morgan fingerprint density at radius 3 is 2.65 bits per heavy atom. The van der Waals surface area contributed by atoms with Crippen LogP contribution >= 0.6 is 0 Å². The molecular weight excluding hydrogens is 250 g/mol. The lowest BCUT2D eigenvalue weighted by atomic mass is 10.1. The standard InChI is InChI=1S/C15H15N5/c1-2-4-10(3-1)14-18-15(20-19-14)11-5-6-12-13(9-11)17-8-7-16-12/h5-10H,1-4H2,(H,18,19,20). The molecule has 4 rings (SSSR count). The molecular formula is C15H15N5. The maximum absolute atomic E-state index is 4.65. The smallest absolute Gasteiger partial charge is 0.181 e. The summed E-state index contributed by atoms with van der Waals surface area (Å²) in [6, 6.07) is 5.95. The molecule has 0 bridgehead atoms. The predicted octanol–water partition coefficient (Wildman–Crippen LogP) is 3.07. The SMILES string of the molecule is c1cnc2cc(-c3n[nH]c(C4CCCC4)n3)ccc2n1. The summed E-state index contributed by atoms with van der Waals surface area (Å²) >= 11 is 0. The number of aromatic amines is 1. The van der Waals surface area contributed by atoms with E-state index in [-0.39, 0.29) is 0 Å². The van der Waals surface area contributed by atoms with E-state index in [9.17, 15) is 0 Å². The summed E-state index contributed by atoms with van der Waals surface area (Å²) in [5, 5.41) is 7.45. The van der Waals surface area contributed by atoms with Crippen molar-refractivity contribution in [1.29, 1.82) is 0 Å². The monoisotopic (exact) mass is 265 g/mol. The molecule has 0 radical (unpaired) electrons. The lowest BCUT2D eigenvalue weighted by Crippen LogP contribution is -1.94. The summed E-state index contributed by atoms with van der Waals surface area (Å²) in [5.74, 6) is 2.33. The van der Waals surface area contributed by atoms with Gasteiger partial charge in [0.1, 0.15) is 5.82 Å². The van der Waals surface area contributed by atoms with Gasteiger partial charge in [0, 0.05) is 23.9 Å². The second-order valence-corrected chi connectivity index (χ2v) is 5.29. The molecule has 1 aliphatic carbocycles. The summed E-state index contributed by atoms with van der Waals surface area (Å²) in [7, 11) is 0. The van der Waals surface area contributed by atoms with Crippen LogP contribution in [0.4, 0.5) is 0 Å². The van der Waals surface area contributed by atoms with E-state index < -0.39 is 0 Å². The highest BCUT2D eigenvalue weighted by Gasteiger charge is 2.20. The van der Waals surface area contributed by atoms with Crippen molar-refractivity contribution in [2.45, 2.75) is 31.6 Å². The Morgan fingerprint density at radius 1 is 1.00 bits per heavy atom. The number of hydrogen-bond donors (Lipinski definition) is 1. The van der Waals surface area contributed by atoms with Crippen LogP contribution in [0.3, 0.4) is 0 Å². The van der Waals surface area contributed by atoms with Crippen molar-refractivity contribution in [3.63, 3.8) is 0 Å². The van der Waals surface area contributed by atoms with Crippen molar-refractivity contribution in [3.8, 4) is 11.4 Å². The molecule has 0 unspecified atom stereocenters. The van der Waals surface area contributed by atoms with E-state index in [1.807, 2.05) is 18.2 Å². The number of H-pyrrole nitrogens is 1. The third-order valence-electron chi connectivity index (χ3n) is 3.97. The maximum Gasteiger partial charge on any atom is 0.181 e. The lowest BCUT2D eigenvalue weighted by molar-refractivity contribution is 0.672. The van der Waals surface area contributed by atoms with Gasteiger partial charge in [-0.05, 0) is 31.0 Å². The fourth-order valence-electron chi connectivity index (χ4n) is 2.89. The second-order valence-electron chi connectivity index (χ2n) is 5.29. The normalized spacial score (nSPS) is 16.0. The summed E-state index contributed by atoms with van der Waals surface area (Å²) in [4.78, 5) is 13.3. The van der Waals surface area contributed by atoms with Crippen molar-refractivity contribution in [3.05, 3.63) is 36.4 Å². The van der Waals surface area contributed by atoms with Crippen LogP contribution < -0.4 is 0 Å². The highest BCUT2D eigenvalue weighted by Crippen LogP contribution is 2.32. The molecule has 3 aromatic rings. The van der Waals surface area contributed by atoms with Gasteiger partial charge in [-0.25, -0.2) is 4.98 Å². The number of aromatic nitrogens is 5. The Morgan fingerprint density at radius 2 is 1.80 bits per heavy atom.